The fourth-order valence-electron chi connectivity index (χ4n) is 7.90. The van der Waals surface area contributed by atoms with Crippen LogP contribution in [0.2, 0.25) is 0 Å². The fourth-order valence-corrected chi connectivity index (χ4v) is 7.90. The second kappa shape index (κ2) is 6.45. The van der Waals surface area contributed by atoms with Gasteiger partial charge in [-0.25, -0.2) is 0 Å². The van der Waals surface area contributed by atoms with Crippen LogP contribution in [0.5, 0.6) is 0 Å². The predicted octanol–water partition coefficient (Wildman–Crippen LogP) is 4.48. The first-order valence-corrected chi connectivity index (χ1v) is 11.0. The van der Waals surface area contributed by atoms with Crippen molar-refractivity contribution in [1.29, 1.82) is 0 Å². The van der Waals surface area contributed by atoms with E-state index < -0.39 is 22.6 Å². The predicted molar refractivity (Wildman–Crippen MR) is 106 cm³/mol. The molecule has 3 rings (SSSR count). The Balaban J connectivity index is 2.06. The first-order chi connectivity index (χ1) is 12.4. The number of fused-ring (bicyclic) bond motifs is 3. The summed E-state index contributed by atoms with van der Waals surface area (Å²) in [7, 11) is 0. The molecule has 7 atom stereocenters. The molecule has 0 amide bonds. The Morgan fingerprint density at radius 2 is 1.52 bits per heavy atom. The van der Waals surface area contributed by atoms with E-state index in [2.05, 4.69) is 6.92 Å². The molecule has 0 radical (unpaired) electrons. The Morgan fingerprint density at radius 3 is 2.04 bits per heavy atom. The highest BCUT2D eigenvalue weighted by Crippen LogP contribution is 2.67. The van der Waals surface area contributed by atoms with Crippen LogP contribution in [0.15, 0.2) is 0 Å². The molecule has 0 aromatic heterocycles. The standard InChI is InChI=1S/C23H40O4/c1-14(2)22(26)13-10-16-17(23(22,27)15(3)4)8-9-18-20(16,5)11-7-12-21(18,6)19(24)25/h14-18,26-27H,7-13H2,1-6H3,(H,24,25)/t16-,17+,18+,20+,21+,22-,23-/m0/s1. The first-order valence-electron chi connectivity index (χ1n) is 11.0. The van der Waals surface area contributed by atoms with Gasteiger partial charge in [0.05, 0.1) is 16.6 Å². The average Bonchev–Trinajstić information content (AvgIpc) is 2.57. The number of hydrogen-bond donors (Lipinski definition) is 3. The summed E-state index contributed by atoms with van der Waals surface area (Å²) < 4.78 is 0. The lowest BCUT2D eigenvalue weighted by Crippen LogP contribution is -2.71. The highest BCUT2D eigenvalue weighted by molar-refractivity contribution is 5.75. The molecule has 4 heteroatoms. The Labute approximate surface area is 164 Å². The number of hydrogen-bond acceptors (Lipinski definition) is 3. The van der Waals surface area contributed by atoms with Gasteiger partial charge in [-0.2, -0.15) is 0 Å². The van der Waals surface area contributed by atoms with Crippen molar-refractivity contribution in [1.82, 2.24) is 0 Å². The van der Waals surface area contributed by atoms with Crippen LogP contribution in [-0.4, -0.2) is 32.5 Å². The Kier molecular flexibility index (Phi) is 5.04. The summed E-state index contributed by atoms with van der Waals surface area (Å²) in [6.45, 7) is 12.3. The lowest BCUT2D eigenvalue weighted by Gasteiger charge is -2.67. The lowest BCUT2D eigenvalue weighted by atomic mass is 9.40. The zero-order valence-corrected chi connectivity index (χ0v) is 18.1. The third kappa shape index (κ3) is 2.58. The van der Waals surface area contributed by atoms with Crippen LogP contribution in [0.1, 0.15) is 86.5 Å². The van der Waals surface area contributed by atoms with Gasteiger partial charge in [-0.1, -0.05) is 41.0 Å². The molecule has 0 spiro atoms. The van der Waals surface area contributed by atoms with Gasteiger partial charge < -0.3 is 15.3 Å². The molecule has 0 unspecified atom stereocenters. The minimum absolute atomic E-state index is 0.00739. The summed E-state index contributed by atoms with van der Waals surface area (Å²) in [5.74, 6) is -0.235. The van der Waals surface area contributed by atoms with Crippen molar-refractivity contribution in [3.05, 3.63) is 0 Å². The molecule has 3 saturated carbocycles. The van der Waals surface area contributed by atoms with E-state index >= 15 is 0 Å². The van der Waals surface area contributed by atoms with Gasteiger partial charge in [0.1, 0.15) is 0 Å². The van der Waals surface area contributed by atoms with Gasteiger partial charge in [-0.3, -0.25) is 4.79 Å². The SMILES string of the molecule is CC(C)[C@@]1(O)CC[C@H]2[C@@H](CC[C@@H]3[C@]2(C)CCC[C@@]3(C)C(=O)O)[C@@]1(O)C(C)C. The van der Waals surface area contributed by atoms with E-state index in [4.69, 9.17) is 0 Å². The molecular formula is C23H40O4. The van der Waals surface area contributed by atoms with Gasteiger partial charge in [0.15, 0.2) is 0 Å². The van der Waals surface area contributed by atoms with E-state index in [0.29, 0.717) is 6.42 Å². The van der Waals surface area contributed by atoms with Crippen molar-refractivity contribution in [2.75, 3.05) is 0 Å². The Hall–Kier alpha value is -0.610. The summed E-state index contributed by atoms with van der Waals surface area (Å²) in [6, 6.07) is 0. The summed E-state index contributed by atoms with van der Waals surface area (Å²) in [5.41, 5.74) is -2.93. The second-order valence-corrected chi connectivity index (χ2v) is 11.0. The molecule has 0 bridgehead atoms. The number of carboxylic acids is 1. The van der Waals surface area contributed by atoms with Gasteiger partial charge >= 0.3 is 5.97 Å². The zero-order valence-electron chi connectivity index (χ0n) is 18.1. The average molecular weight is 381 g/mol. The molecule has 3 N–H and O–H groups in total. The maximum atomic E-state index is 12.2. The van der Waals surface area contributed by atoms with Crippen molar-refractivity contribution < 1.29 is 20.1 Å². The Bertz CT molecular complexity index is 601. The van der Waals surface area contributed by atoms with E-state index in [-0.39, 0.29) is 35.0 Å². The van der Waals surface area contributed by atoms with E-state index in [1.807, 2.05) is 34.6 Å². The quantitative estimate of drug-likeness (QED) is 0.675. The molecule has 0 aromatic carbocycles. The van der Waals surface area contributed by atoms with Crippen LogP contribution in [0.25, 0.3) is 0 Å². The molecule has 156 valence electrons. The Morgan fingerprint density at radius 1 is 0.889 bits per heavy atom. The van der Waals surface area contributed by atoms with E-state index in [0.717, 1.165) is 38.5 Å². The maximum absolute atomic E-state index is 12.2. The van der Waals surface area contributed by atoms with Gasteiger partial charge in [0.2, 0.25) is 0 Å². The van der Waals surface area contributed by atoms with Crippen molar-refractivity contribution in [3.63, 3.8) is 0 Å². The summed E-state index contributed by atoms with van der Waals surface area (Å²) in [6.07, 6.45) is 5.87. The maximum Gasteiger partial charge on any atom is 0.309 e. The number of aliphatic carboxylic acids is 1. The number of rotatable bonds is 3. The molecule has 0 aromatic rings. The molecule has 0 heterocycles. The van der Waals surface area contributed by atoms with Crippen LogP contribution in [0.4, 0.5) is 0 Å². The molecule has 0 aliphatic heterocycles. The third-order valence-corrected chi connectivity index (χ3v) is 9.49. The van der Waals surface area contributed by atoms with E-state index in [1.165, 1.54) is 0 Å². The zero-order chi connectivity index (χ0) is 20.4. The lowest BCUT2D eigenvalue weighted by molar-refractivity contribution is -0.284. The summed E-state index contributed by atoms with van der Waals surface area (Å²) >= 11 is 0. The number of carbonyl (C=O) groups is 1. The summed E-state index contributed by atoms with van der Waals surface area (Å²) in [5, 5.41) is 33.6. The highest BCUT2D eigenvalue weighted by atomic mass is 16.4. The van der Waals surface area contributed by atoms with Crippen molar-refractivity contribution >= 4 is 5.97 Å². The van der Waals surface area contributed by atoms with Crippen LogP contribution in [-0.2, 0) is 4.79 Å². The molecule has 3 fully saturated rings. The van der Waals surface area contributed by atoms with Crippen LogP contribution in [0.3, 0.4) is 0 Å². The van der Waals surface area contributed by atoms with E-state index in [1.54, 1.807) is 0 Å². The van der Waals surface area contributed by atoms with Gasteiger partial charge in [-0.05, 0) is 80.5 Å². The number of carboxylic acid groups (broad SMARTS) is 1. The summed E-state index contributed by atoms with van der Waals surface area (Å²) in [4.78, 5) is 12.2. The monoisotopic (exact) mass is 380 g/mol. The smallest absolute Gasteiger partial charge is 0.309 e. The van der Waals surface area contributed by atoms with Gasteiger partial charge in [-0.15, -0.1) is 0 Å². The normalized spacial score (nSPS) is 50.4. The minimum atomic E-state index is -1.12. The number of aliphatic hydroxyl groups is 2. The third-order valence-electron chi connectivity index (χ3n) is 9.49. The largest absolute Gasteiger partial charge is 0.481 e. The topological polar surface area (TPSA) is 77.8 Å². The van der Waals surface area contributed by atoms with Crippen LogP contribution >= 0.6 is 0 Å². The molecule has 4 nitrogen and oxygen atoms in total. The van der Waals surface area contributed by atoms with Crippen molar-refractivity contribution in [2.24, 2.45) is 40.4 Å². The molecule has 3 aliphatic carbocycles. The first kappa shape index (κ1) is 21.1. The highest BCUT2D eigenvalue weighted by Gasteiger charge is 2.68. The minimum Gasteiger partial charge on any atom is -0.481 e. The van der Waals surface area contributed by atoms with E-state index in [9.17, 15) is 20.1 Å². The van der Waals surface area contributed by atoms with Gasteiger partial charge in [0, 0.05) is 0 Å². The molecule has 27 heavy (non-hydrogen) atoms. The van der Waals surface area contributed by atoms with Crippen molar-refractivity contribution in [2.45, 2.75) is 97.7 Å². The van der Waals surface area contributed by atoms with Crippen LogP contribution < -0.4 is 0 Å². The fraction of sp³-hybridized carbons (Fsp3) is 0.957. The molecule has 0 saturated heterocycles. The van der Waals surface area contributed by atoms with Crippen LogP contribution in [0, 0.1) is 40.4 Å². The second-order valence-electron chi connectivity index (χ2n) is 11.0. The molecule has 3 aliphatic rings. The van der Waals surface area contributed by atoms with Gasteiger partial charge in [0.25, 0.3) is 0 Å². The van der Waals surface area contributed by atoms with Crippen molar-refractivity contribution in [3.8, 4) is 0 Å². The molecular weight excluding hydrogens is 340 g/mol.